The molecule has 116 valence electrons. The van der Waals surface area contributed by atoms with Crippen LogP contribution in [0.1, 0.15) is 22.0 Å². The van der Waals surface area contributed by atoms with E-state index in [0.717, 1.165) is 0 Å². The lowest BCUT2D eigenvalue weighted by Gasteiger charge is -2.06. The van der Waals surface area contributed by atoms with E-state index in [9.17, 15) is 20.0 Å². The molecule has 8 nitrogen and oxygen atoms in total. The van der Waals surface area contributed by atoms with Crippen molar-refractivity contribution < 1.29 is 19.9 Å². The molecule has 0 fully saturated rings. The van der Waals surface area contributed by atoms with E-state index in [2.05, 4.69) is 4.98 Å². The van der Waals surface area contributed by atoms with Crippen LogP contribution in [0.2, 0.25) is 0 Å². The smallest absolute Gasteiger partial charge is 0.337 e. The van der Waals surface area contributed by atoms with Crippen molar-refractivity contribution in [1.29, 1.82) is 0 Å². The summed E-state index contributed by atoms with van der Waals surface area (Å²) in [6.45, 7) is 0.109. The molecule has 0 aliphatic heterocycles. The van der Waals surface area contributed by atoms with E-state index >= 15 is 0 Å². The van der Waals surface area contributed by atoms with E-state index < -0.39 is 17.0 Å². The van der Waals surface area contributed by atoms with Gasteiger partial charge in [0, 0.05) is 31.1 Å². The van der Waals surface area contributed by atoms with Gasteiger partial charge in [-0.3, -0.25) is 15.1 Å². The highest BCUT2D eigenvalue weighted by Gasteiger charge is 2.08. The molecule has 1 heterocycles. The number of carbonyl (C=O) groups is 1. The highest BCUT2D eigenvalue weighted by molar-refractivity contribution is 5.86. The van der Waals surface area contributed by atoms with Gasteiger partial charge < -0.3 is 15.9 Å². The summed E-state index contributed by atoms with van der Waals surface area (Å²) in [5, 5.41) is 27.9. The van der Waals surface area contributed by atoms with Crippen molar-refractivity contribution in [3.8, 4) is 0 Å². The van der Waals surface area contributed by atoms with Crippen molar-refractivity contribution in [1.82, 2.24) is 4.98 Å². The maximum absolute atomic E-state index is 10.3. The number of aliphatic hydroxyl groups is 1. The number of nitrogens with two attached hydrogens (primary N) is 1. The van der Waals surface area contributed by atoms with Crippen molar-refractivity contribution in [3.05, 3.63) is 70.0 Å². The second-order valence-corrected chi connectivity index (χ2v) is 4.15. The molecule has 1 unspecified atom stereocenters. The van der Waals surface area contributed by atoms with Crippen LogP contribution in [0.15, 0.2) is 48.8 Å². The second kappa shape index (κ2) is 8.45. The Morgan fingerprint density at radius 3 is 2.32 bits per heavy atom. The fourth-order valence-electron chi connectivity index (χ4n) is 1.44. The molecule has 8 heteroatoms. The van der Waals surface area contributed by atoms with Crippen LogP contribution in [-0.4, -0.2) is 32.6 Å². The molecule has 0 aliphatic carbocycles. The largest absolute Gasteiger partial charge is 0.478 e. The van der Waals surface area contributed by atoms with Crippen LogP contribution in [0.25, 0.3) is 0 Å². The first kappa shape index (κ1) is 17.2. The molecule has 2 aromatic rings. The van der Waals surface area contributed by atoms with Gasteiger partial charge in [0.15, 0.2) is 0 Å². The van der Waals surface area contributed by atoms with Crippen molar-refractivity contribution >= 4 is 11.7 Å². The molecule has 0 saturated heterocycles. The van der Waals surface area contributed by atoms with Crippen molar-refractivity contribution in [3.63, 3.8) is 0 Å². The number of hydrogen-bond acceptors (Lipinski definition) is 6. The maximum Gasteiger partial charge on any atom is 0.337 e. The van der Waals surface area contributed by atoms with Crippen LogP contribution < -0.4 is 5.73 Å². The number of aliphatic hydroxyl groups excluding tert-OH is 1. The van der Waals surface area contributed by atoms with E-state index in [1.54, 1.807) is 6.07 Å². The van der Waals surface area contributed by atoms with E-state index in [-0.39, 0.29) is 17.8 Å². The monoisotopic (exact) mass is 305 g/mol. The predicted octanol–water partition coefficient (Wildman–Crippen LogP) is 1.37. The van der Waals surface area contributed by atoms with Gasteiger partial charge in [-0.25, -0.2) is 4.79 Å². The quantitative estimate of drug-likeness (QED) is 0.572. The average Bonchev–Trinajstić information content (AvgIpc) is 2.55. The number of carboxylic acid groups (broad SMARTS) is 1. The average molecular weight is 305 g/mol. The van der Waals surface area contributed by atoms with E-state index in [1.165, 1.54) is 42.7 Å². The fourth-order valence-corrected chi connectivity index (χ4v) is 1.44. The minimum absolute atomic E-state index is 0.00738. The second-order valence-electron chi connectivity index (χ2n) is 4.15. The molecule has 0 spiro atoms. The lowest BCUT2D eigenvalue weighted by Crippen LogP contribution is -2.11. The highest BCUT2D eigenvalue weighted by atomic mass is 16.6. The number of aromatic carboxylic acids is 1. The Morgan fingerprint density at radius 2 is 1.95 bits per heavy atom. The Hall–Kier alpha value is -2.84. The molecule has 1 atom stereocenters. The predicted molar refractivity (Wildman–Crippen MR) is 78.3 cm³/mol. The van der Waals surface area contributed by atoms with Gasteiger partial charge in [0.05, 0.1) is 16.6 Å². The normalized spacial score (nSPS) is 11.0. The lowest BCUT2D eigenvalue weighted by atomic mass is 10.1. The zero-order valence-electron chi connectivity index (χ0n) is 11.5. The molecule has 0 bridgehead atoms. The van der Waals surface area contributed by atoms with Gasteiger partial charge in [0.2, 0.25) is 0 Å². The zero-order valence-corrected chi connectivity index (χ0v) is 11.5. The van der Waals surface area contributed by atoms with E-state index in [1.807, 2.05) is 0 Å². The third-order valence-electron chi connectivity index (χ3n) is 2.62. The Morgan fingerprint density at radius 1 is 1.32 bits per heavy atom. The summed E-state index contributed by atoms with van der Waals surface area (Å²) in [5.74, 6) is -0.942. The van der Waals surface area contributed by atoms with Crippen LogP contribution in [0, 0.1) is 10.1 Å². The van der Waals surface area contributed by atoms with Crippen LogP contribution in [0.5, 0.6) is 0 Å². The van der Waals surface area contributed by atoms with Gasteiger partial charge in [0.25, 0.3) is 5.69 Å². The molecule has 4 N–H and O–H groups in total. The number of pyridine rings is 1. The Kier molecular flexibility index (Phi) is 6.61. The minimum atomic E-state index is -0.942. The molecule has 2 rings (SSSR count). The number of rotatable bonds is 4. The molecule has 22 heavy (non-hydrogen) atoms. The van der Waals surface area contributed by atoms with Crippen molar-refractivity contribution in [2.75, 3.05) is 6.54 Å². The number of nitro groups is 1. The lowest BCUT2D eigenvalue weighted by molar-refractivity contribution is -0.384. The first-order valence-corrected chi connectivity index (χ1v) is 6.21. The number of benzene rings is 1. The topological polar surface area (TPSA) is 140 Å². The summed E-state index contributed by atoms with van der Waals surface area (Å²) in [5.41, 5.74) is 6.04. The van der Waals surface area contributed by atoms with Crippen molar-refractivity contribution in [2.24, 2.45) is 5.73 Å². The standard InChI is InChI=1S/C8H10N2O3.C6H5NO2/c9-5-8(11)6-1-3-7(4-2-6)10(12)13;8-6(9)5-2-1-3-7-4-5/h1-4,8,11H,5,9H2;1-4H,(H,8,9). The van der Waals surface area contributed by atoms with Crippen LogP contribution >= 0.6 is 0 Å². The SMILES string of the molecule is NCC(O)c1ccc([N+](=O)[O-])cc1.O=C(O)c1cccnc1. The summed E-state index contributed by atoms with van der Waals surface area (Å²) in [6, 6.07) is 8.76. The molecule has 1 aromatic carbocycles. The van der Waals surface area contributed by atoms with Gasteiger partial charge in [-0.2, -0.15) is 0 Å². The van der Waals surface area contributed by atoms with Gasteiger partial charge in [-0.1, -0.05) is 0 Å². The molecule has 0 radical (unpaired) electrons. The Balaban J connectivity index is 0.000000235. The summed E-state index contributed by atoms with van der Waals surface area (Å²) in [7, 11) is 0. The van der Waals surface area contributed by atoms with Crippen LogP contribution in [0.3, 0.4) is 0 Å². The summed E-state index contributed by atoms with van der Waals surface area (Å²) < 4.78 is 0. The first-order chi connectivity index (χ1) is 10.5. The molecule has 0 aliphatic rings. The first-order valence-electron chi connectivity index (χ1n) is 6.21. The molecular weight excluding hydrogens is 290 g/mol. The zero-order chi connectivity index (χ0) is 16.5. The third-order valence-corrected chi connectivity index (χ3v) is 2.62. The fraction of sp³-hybridized carbons (Fsp3) is 0.143. The van der Waals surface area contributed by atoms with E-state index in [0.29, 0.717) is 5.56 Å². The van der Waals surface area contributed by atoms with Gasteiger partial charge >= 0.3 is 5.97 Å². The Bertz CT molecular complexity index is 616. The van der Waals surface area contributed by atoms with Gasteiger partial charge in [-0.05, 0) is 29.8 Å². The number of carboxylic acids is 1. The van der Waals surface area contributed by atoms with Gasteiger partial charge in [-0.15, -0.1) is 0 Å². The molecule has 0 amide bonds. The van der Waals surface area contributed by atoms with Crippen LogP contribution in [0.4, 0.5) is 5.69 Å². The van der Waals surface area contributed by atoms with Gasteiger partial charge in [0.1, 0.15) is 0 Å². The number of nitrogens with zero attached hydrogens (tertiary/aromatic N) is 2. The van der Waals surface area contributed by atoms with E-state index in [4.69, 9.17) is 10.8 Å². The molecule has 0 saturated carbocycles. The summed E-state index contributed by atoms with van der Waals surface area (Å²) >= 11 is 0. The minimum Gasteiger partial charge on any atom is -0.478 e. The number of aromatic nitrogens is 1. The summed E-state index contributed by atoms with van der Waals surface area (Å²) in [6.07, 6.45) is 2.09. The molecular formula is C14H15N3O5. The maximum atomic E-state index is 10.3. The number of hydrogen-bond donors (Lipinski definition) is 3. The number of non-ortho nitro benzene ring substituents is 1. The van der Waals surface area contributed by atoms with Crippen molar-refractivity contribution in [2.45, 2.75) is 6.10 Å². The Labute approximate surface area is 126 Å². The third kappa shape index (κ3) is 5.27. The highest BCUT2D eigenvalue weighted by Crippen LogP contribution is 2.16. The molecule has 1 aromatic heterocycles. The van der Waals surface area contributed by atoms with Crippen LogP contribution in [-0.2, 0) is 0 Å². The summed E-state index contributed by atoms with van der Waals surface area (Å²) in [4.78, 5) is 23.6. The number of nitro benzene ring substituents is 1.